The number of rotatable bonds is 7. The van der Waals surface area contributed by atoms with Crippen LogP contribution < -0.4 is 11.1 Å². The van der Waals surface area contributed by atoms with E-state index >= 15 is 0 Å². The molecule has 174 valence electrons. The monoisotopic (exact) mass is 489 g/mol. The molecule has 0 aliphatic carbocycles. The van der Waals surface area contributed by atoms with Crippen LogP contribution in [0.15, 0.2) is 52.9 Å². The van der Waals surface area contributed by atoms with E-state index in [1.807, 2.05) is 36.6 Å². The number of aryl methyl sites for hydroxylation is 4. The molecule has 2 aromatic carbocycles. The molecule has 7 heteroatoms. The van der Waals surface area contributed by atoms with Crippen molar-refractivity contribution in [2.45, 2.75) is 39.1 Å². The van der Waals surface area contributed by atoms with Gasteiger partial charge in [0.1, 0.15) is 5.00 Å². The number of carbonyl (C=O) groups is 2. The summed E-state index contributed by atoms with van der Waals surface area (Å²) in [4.78, 5) is 29.6. The highest BCUT2D eigenvalue weighted by atomic mass is 32.2. The lowest BCUT2D eigenvalue weighted by Crippen LogP contribution is -2.17. The molecule has 0 atom stereocenters. The van der Waals surface area contributed by atoms with Crippen molar-refractivity contribution in [2.24, 2.45) is 5.73 Å². The first-order chi connectivity index (χ1) is 16.2. The van der Waals surface area contributed by atoms with Gasteiger partial charge in [-0.05, 0) is 56.5 Å². The zero-order valence-electron chi connectivity index (χ0n) is 19.7. The molecular formula is C27H27N3O2S2. The van der Waals surface area contributed by atoms with Gasteiger partial charge in [0.15, 0.2) is 0 Å². The van der Waals surface area contributed by atoms with E-state index in [2.05, 4.69) is 44.3 Å². The number of nitrogens with one attached hydrogen (secondary N) is 1. The van der Waals surface area contributed by atoms with Gasteiger partial charge < -0.3 is 11.1 Å². The number of nitrogens with two attached hydrogens (primary N) is 1. The number of hydrogen-bond donors (Lipinski definition) is 2. The lowest BCUT2D eigenvalue weighted by atomic mass is 10.0. The summed E-state index contributed by atoms with van der Waals surface area (Å²) in [6, 6.07) is 14.2. The lowest BCUT2D eigenvalue weighted by Gasteiger charge is -2.10. The molecule has 4 aromatic rings. The Balaban J connectivity index is 1.44. The van der Waals surface area contributed by atoms with Crippen LogP contribution in [0.4, 0.5) is 5.00 Å². The summed E-state index contributed by atoms with van der Waals surface area (Å²) < 4.78 is 0. The quantitative estimate of drug-likeness (QED) is 0.294. The number of fused-ring (bicyclic) bond motifs is 1. The van der Waals surface area contributed by atoms with Crippen LogP contribution in [0.1, 0.15) is 39.0 Å². The zero-order valence-corrected chi connectivity index (χ0v) is 21.3. The number of anilines is 1. The van der Waals surface area contributed by atoms with Crippen molar-refractivity contribution in [3.05, 3.63) is 75.7 Å². The maximum atomic E-state index is 12.6. The average Bonchev–Trinajstić information content (AvgIpc) is 3.19. The maximum Gasteiger partial charge on any atom is 0.252 e. The van der Waals surface area contributed by atoms with Gasteiger partial charge in [-0.25, -0.2) is 4.98 Å². The first-order valence-corrected chi connectivity index (χ1v) is 12.9. The molecule has 4 rings (SSSR count). The Morgan fingerprint density at radius 1 is 1.00 bits per heavy atom. The molecule has 34 heavy (non-hydrogen) atoms. The molecule has 0 aliphatic rings. The molecule has 0 bridgehead atoms. The minimum Gasteiger partial charge on any atom is -0.365 e. The Kier molecular flexibility index (Phi) is 7.05. The second kappa shape index (κ2) is 9.99. The van der Waals surface area contributed by atoms with Crippen LogP contribution in [0, 0.1) is 27.7 Å². The fraction of sp³-hybridized carbons (Fsp3) is 0.222. The zero-order chi connectivity index (χ0) is 24.4. The van der Waals surface area contributed by atoms with Crippen LogP contribution in [0.3, 0.4) is 0 Å². The Morgan fingerprint density at radius 2 is 1.74 bits per heavy atom. The van der Waals surface area contributed by atoms with Crippen LogP contribution in [-0.2, 0) is 4.79 Å². The number of nitrogens with zero attached hydrogens (tertiary/aromatic N) is 1. The SMILES string of the molecule is Cc1ccc(-c2csc(NC(=O)CCSc3cc(C)c4cc(C)cc(C)c4n3)c2C(N)=O)cc1. The summed E-state index contributed by atoms with van der Waals surface area (Å²) in [5.74, 6) is -0.129. The van der Waals surface area contributed by atoms with Crippen molar-refractivity contribution in [3.8, 4) is 11.1 Å². The molecule has 2 aromatic heterocycles. The highest BCUT2D eigenvalue weighted by Crippen LogP contribution is 2.35. The van der Waals surface area contributed by atoms with E-state index in [-0.39, 0.29) is 5.91 Å². The Labute approximate surface area is 207 Å². The third-order valence-corrected chi connectivity index (χ3v) is 7.47. The number of aromatic nitrogens is 1. The van der Waals surface area contributed by atoms with E-state index in [1.54, 1.807) is 11.8 Å². The molecule has 0 saturated carbocycles. The van der Waals surface area contributed by atoms with E-state index in [1.165, 1.54) is 27.8 Å². The third-order valence-electron chi connectivity index (χ3n) is 5.66. The number of amides is 2. The second-order valence-corrected chi connectivity index (χ2v) is 10.5. The van der Waals surface area contributed by atoms with Gasteiger partial charge in [-0.3, -0.25) is 9.59 Å². The van der Waals surface area contributed by atoms with Crippen molar-refractivity contribution >= 4 is 50.8 Å². The molecule has 2 heterocycles. The standard InChI is InChI=1S/C27H27N3O2S2/c1-15-5-7-19(8-6-15)21-14-34-27(24(21)26(28)32)29-22(31)9-10-33-23-13-17(3)20-12-16(2)11-18(4)25(20)30-23/h5-8,11-14H,9-10H2,1-4H3,(H2,28,32)(H,29,31). The summed E-state index contributed by atoms with van der Waals surface area (Å²) >= 11 is 2.87. The summed E-state index contributed by atoms with van der Waals surface area (Å²) in [6.07, 6.45) is 0.298. The topological polar surface area (TPSA) is 85.1 Å². The van der Waals surface area contributed by atoms with Gasteiger partial charge >= 0.3 is 0 Å². The van der Waals surface area contributed by atoms with E-state index < -0.39 is 5.91 Å². The fourth-order valence-corrected chi connectivity index (χ4v) is 5.87. The number of thiophene rings is 1. The number of benzene rings is 2. The highest BCUT2D eigenvalue weighted by Gasteiger charge is 2.19. The number of primary amides is 1. The molecule has 0 unspecified atom stereocenters. The number of pyridine rings is 1. The summed E-state index contributed by atoms with van der Waals surface area (Å²) in [6.45, 7) is 8.26. The van der Waals surface area contributed by atoms with Gasteiger partial charge in [0.05, 0.1) is 16.1 Å². The fourth-order valence-electron chi connectivity index (χ4n) is 3.97. The smallest absolute Gasteiger partial charge is 0.252 e. The summed E-state index contributed by atoms with van der Waals surface area (Å²) in [5.41, 5.74) is 13.3. The lowest BCUT2D eigenvalue weighted by molar-refractivity contribution is -0.115. The predicted octanol–water partition coefficient (Wildman–Crippen LogP) is 6.42. The van der Waals surface area contributed by atoms with Crippen LogP contribution >= 0.6 is 23.1 Å². The molecule has 5 nitrogen and oxygen atoms in total. The average molecular weight is 490 g/mol. The molecule has 0 saturated heterocycles. The van der Waals surface area contributed by atoms with Gasteiger partial charge in [0, 0.05) is 28.5 Å². The van der Waals surface area contributed by atoms with Crippen molar-refractivity contribution in [3.63, 3.8) is 0 Å². The number of hydrogen-bond acceptors (Lipinski definition) is 5. The molecule has 0 radical (unpaired) electrons. The predicted molar refractivity (Wildman–Crippen MR) is 143 cm³/mol. The van der Waals surface area contributed by atoms with E-state index in [9.17, 15) is 9.59 Å². The Bertz CT molecular complexity index is 1390. The van der Waals surface area contributed by atoms with E-state index in [4.69, 9.17) is 10.7 Å². The second-order valence-electron chi connectivity index (χ2n) is 8.49. The van der Waals surface area contributed by atoms with Crippen LogP contribution in [0.25, 0.3) is 22.0 Å². The Morgan fingerprint density at radius 3 is 2.44 bits per heavy atom. The van der Waals surface area contributed by atoms with Gasteiger partial charge in [-0.2, -0.15) is 0 Å². The first kappa shape index (κ1) is 24.0. The van der Waals surface area contributed by atoms with Gasteiger partial charge in [-0.1, -0.05) is 41.5 Å². The van der Waals surface area contributed by atoms with E-state index in [0.29, 0.717) is 22.7 Å². The maximum absolute atomic E-state index is 12.6. The first-order valence-electron chi connectivity index (χ1n) is 11.0. The molecule has 2 amide bonds. The molecule has 0 aliphatic heterocycles. The summed E-state index contributed by atoms with van der Waals surface area (Å²) in [5, 5.41) is 7.30. The minimum absolute atomic E-state index is 0.156. The highest BCUT2D eigenvalue weighted by molar-refractivity contribution is 7.99. The van der Waals surface area contributed by atoms with Gasteiger partial charge in [0.2, 0.25) is 5.91 Å². The van der Waals surface area contributed by atoms with Crippen LogP contribution in [-0.4, -0.2) is 22.6 Å². The van der Waals surface area contributed by atoms with Crippen LogP contribution in [0.5, 0.6) is 0 Å². The molecule has 0 fully saturated rings. The summed E-state index contributed by atoms with van der Waals surface area (Å²) in [7, 11) is 0. The normalized spacial score (nSPS) is 11.1. The molecule has 0 spiro atoms. The van der Waals surface area contributed by atoms with Crippen LogP contribution in [0.2, 0.25) is 0 Å². The molecular weight excluding hydrogens is 462 g/mol. The van der Waals surface area contributed by atoms with E-state index in [0.717, 1.165) is 32.8 Å². The van der Waals surface area contributed by atoms with Gasteiger partial charge in [0.25, 0.3) is 5.91 Å². The van der Waals surface area contributed by atoms with Crippen molar-refractivity contribution in [2.75, 3.05) is 11.1 Å². The number of thioether (sulfide) groups is 1. The third kappa shape index (κ3) is 5.16. The van der Waals surface area contributed by atoms with Crippen molar-refractivity contribution in [1.82, 2.24) is 4.98 Å². The minimum atomic E-state index is -0.553. The Hall–Kier alpha value is -3.16. The largest absolute Gasteiger partial charge is 0.365 e. The van der Waals surface area contributed by atoms with Crippen molar-refractivity contribution in [1.29, 1.82) is 0 Å². The van der Waals surface area contributed by atoms with Gasteiger partial charge in [-0.15, -0.1) is 23.1 Å². The van der Waals surface area contributed by atoms with Crippen molar-refractivity contribution < 1.29 is 9.59 Å². The number of carbonyl (C=O) groups excluding carboxylic acids is 2. The molecule has 3 N–H and O–H groups in total.